The molecular formula is C16H23NO. The van der Waals surface area contributed by atoms with Crippen LogP contribution in [0, 0.1) is 5.92 Å². The minimum atomic E-state index is 0.207. The molecule has 1 aromatic carbocycles. The predicted molar refractivity (Wildman–Crippen MR) is 73.6 cm³/mol. The van der Waals surface area contributed by atoms with Gasteiger partial charge in [0, 0.05) is 6.04 Å². The van der Waals surface area contributed by atoms with Gasteiger partial charge in [0.2, 0.25) is 0 Å². The van der Waals surface area contributed by atoms with E-state index in [1.54, 1.807) is 0 Å². The van der Waals surface area contributed by atoms with Crippen molar-refractivity contribution >= 4 is 0 Å². The van der Waals surface area contributed by atoms with Gasteiger partial charge in [-0.3, -0.25) is 0 Å². The van der Waals surface area contributed by atoms with Crippen molar-refractivity contribution in [3.05, 3.63) is 29.8 Å². The Labute approximate surface area is 110 Å². The van der Waals surface area contributed by atoms with Crippen LogP contribution in [0.4, 0.5) is 0 Å². The van der Waals surface area contributed by atoms with E-state index in [-0.39, 0.29) is 6.04 Å². The Morgan fingerprint density at radius 1 is 1.06 bits per heavy atom. The fraction of sp³-hybridized carbons (Fsp3) is 0.625. The summed E-state index contributed by atoms with van der Waals surface area (Å²) < 4.78 is 5.96. The molecule has 0 saturated heterocycles. The van der Waals surface area contributed by atoms with Crippen molar-refractivity contribution in [2.75, 3.05) is 0 Å². The van der Waals surface area contributed by atoms with Gasteiger partial charge in [-0.15, -0.1) is 0 Å². The van der Waals surface area contributed by atoms with Gasteiger partial charge in [0.05, 0.1) is 6.10 Å². The van der Waals surface area contributed by atoms with Crippen LogP contribution in [-0.2, 0) is 0 Å². The number of benzene rings is 1. The maximum Gasteiger partial charge on any atom is 0.119 e. The quantitative estimate of drug-likeness (QED) is 0.856. The van der Waals surface area contributed by atoms with E-state index in [0.717, 1.165) is 18.1 Å². The molecule has 2 aliphatic rings. The van der Waals surface area contributed by atoms with Crippen LogP contribution < -0.4 is 10.5 Å². The molecule has 2 N–H and O–H groups in total. The van der Waals surface area contributed by atoms with Crippen LogP contribution in [-0.4, -0.2) is 6.10 Å². The van der Waals surface area contributed by atoms with Gasteiger partial charge < -0.3 is 10.5 Å². The van der Waals surface area contributed by atoms with Crippen molar-refractivity contribution < 1.29 is 4.74 Å². The van der Waals surface area contributed by atoms with Crippen LogP contribution in [0.25, 0.3) is 0 Å². The monoisotopic (exact) mass is 245 g/mol. The molecule has 2 aliphatic carbocycles. The van der Waals surface area contributed by atoms with Crippen LogP contribution in [0.5, 0.6) is 5.75 Å². The van der Waals surface area contributed by atoms with Crippen LogP contribution in [0.15, 0.2) is 24.3 Å². The Morgan fingerprint density at radius 3 is 2.33 bits per heavy atom. The van der Waals surface area contributed by atoms with Gasteiger partial charge >= 0.3 is 0 Å². The Balaban J connectivity index is 1.57. The third-order valence-corrected chi connectivity index (χ3v) is 4.20. The molecule has 2 heteroatoms. The minimum Gasteiger partial charge on any atom is -0.490 e. The van der Waals surface area contributed by atoms with Crippen molar-refractivity contribution in [2.45, 2.75) is 57.1 Å². The standard InChI is InChI=1S/C16H23NO/c17-16(11-12-5-6-12)13-7-9-15(10-8-13)18-14-3-1-2-4-14/h7-10,12,14,16H,1-6,11,17H2/t16-/m0/s1. The van der Waals surface area contributed by atoms with Crippen LogP contribution in [0.2, 0.25) is 0 Å². The van der Waals surface area contributed by atoms with Crippen molar-refractivity contribution in [3.8, 4) is 5.75 Å². The first-order chi connectivity index (χ1) is 8.81. The van der Waals surface area contributed by atoms with E-state index in [2.05, 4.69) is 24.3 Å². The van der Waals surface area contributed by atoms with Gasteiger partial charge in [0.1, 0.15) is 5.75 Å². The molecule has 1 aromatic rings. The van der Waals surface area contributed by atoms with Gasteiger partial charge in [-0.2, -0.15) is 0 Å². The number of hydrogen-bond donors (Lipinski definition) is 1. The molecule has 0 bridgehead atoms. The minimum absolute atomic E-state index is 0.207. The van der Waals surface area contributed by atoms with E-state index in [1.807, 2.05) is 0 Å². The fourth-order valence-electron chi connectivity index (χ4n) is 2.84. The number of ether oxygens (including phenoxy) is 1. The lowest BCUT2D eigenvalue weighted by Crippen LogP contribution is -2.12. The van der Waals surface area contributed by atoms with Gasteiger partial charge in [0.25, 0.3) is 0 Å². The average Bonchev–Trinajstić information content (AvgIpc) is 3.04. The third kappa shape index (κ3) is 3.05. The lowest BCUT2D eigenvalue weighted by molar-refractivity contribution is 0.210. The molecule has 0 aromatic heterocycles. The van der Waals surface area contributed by atoms with E-state index < -0.39 is 0 Å². The highest BCUT2D eigenvalue weighted by molar-refractivity contribution is 5.29. The molecule has 0 radical (unpaired) electrons. The Kier molecular flexibility index (Phi) is 3.55. The second-order valence-corrected chi connectivity index (χ2v) is 5.88. The van der Waals surface area contributed by atoms with Crippen LogP contribution >= 0.6 is 0 Å². The molecule has 1 atom stereocenters. The number of hydrogen-bond acceptors (Lipinski definition) is 2. The molecule has 0 heterocycles. The second-order valence-electron chi connectivity index (χ2n) is 5.88. The first-order valence-electron chi connectivity index (χ1n) is 7.33. The van der Waals surface area contributed by atoms with Crippen molar-refractivity contribution in [2.24, 2.45) is 11.7 Å². The summed E-state index contributed by atoms with van der Waals surface area (Å²) in [6, 6.07) is 8.65. The summed E-state index contributed by atoms with van der Waals surface area (Å²) in [6.07, 6.45) is 9.38. The zero-order valence-corrected chi connectivity index (χ0v) is 11.0. The second kappa shape index (κ2) is 5.31. The molecule has 2 saturated carbocycles. The first-order valence-corrected chi connectivity index (χ1v) is 7.33. The van der Waals surface area contributed by atoms with Gasteiger partial charge in [0.15, 0.2) is 0 Å². The van der Waals surface area contributed by atoms with E-state index in [0.29, 0.717) is 6.10 Å². The summed E-state index contributed by atoms with van der Waals surface area (Å²) in [5.41, 5.74) is 7.46. The smallest absolute Gasteiger partial charge is 0.119 e. The fourth-order valence-corrected chi connectivity index (χ4v) is 2.84. The maximum atomic E-state index is 6.21. The van der Waals surface area contributed by atoms with Crippen LogP contribution in [0.3, 0.4) is 0 Å². The van der Waals surface area contributed by atoms with Gasteiger partial charge in [-0.25, -0.2) is 0 Å². The summed E-state index contributed by atoms with van der Waals surface area (Å²) in [4.78, 5) is 0. The lowest BCUT2D eigenvalue weighted by Gasteiger charge is -2.15. The molecule has 18 heavy (non-hydrogen) atoms. The highest BCUT2D eigenvalue weighted by Gasteiger charge is 2.24. The molecular weight excluding hydrogens is 222 g/mol. The zero-order valence-electron chi connectivity index (χ0n) is 11.0. The Bertz CT molecular complexity index is 377. The summed E-state index contributed by atoms with van der Waals surface area (Å²) in [6.45, 7) is 0. The number of nitrogens with two attached hydrogens (primary N) is 1. The van der Waals surface area contributed by atoms with Gasteiger partial charge in [-0.05, 0) is 55.7 Å². The molecule has 98 valence electrons. The van der Waals surface area contributed by atoms with E-state index in [1.165, 1.54) is 44.1 Å². The van der Waals surface area contributed by atoms with Crippen molar-refractivity contribution in [1.29, 1.82) is 0 Å². The molecule has 2 nitrogen and oxygen atoms in total. The average molecular weight is 245 g/mol. The molecule has 0 spiro atoms. The molecule has 0 amide bonds. The van der Waals surface area contributed by atoms with E-state index >= 15 is 0 Å². The zero-order chi connectivity index (χ0) is 12.4. The predicted octanol–water partition coefficient (Wildman–Crippen LogP) is 3.81. The summed E-state index contributed by atoms with van der Waals surface area (Å²) in [5.74, 6) is 1.89. The van der Waals surface area contributed by atoms with Crippen LogP contribution in [0.1, 0.15) is 56.6 Å². The molecule has 0 unspecified atom stereocenters. The topological polar surface area (TPSA) is 35.2 Å². The third-order valence-electron chi connectivity index (χ3n) is 4.20. The molecule has 0 aliphatic heterocycles. The summed E-state index contributed by atoms with van der Waals surface area (Å²) >= 11 is 0. The van der Waals surface area contributed by atoms with E-state index in [4.69, 9.17) is 10.5 Å². The van der Waals surface area contributed by atoms with Gasteiger partial charge in [-0.1, -0.05) is 25.0 Å². The van der Waals surface area contributed by atoms with Crippen molar-refractivity contribution in [3.63, 3.8) is 0 Å². The lowest BCUT2D eigenvalue weighted by atomic mass is 10.0. The maximum absolute atomic E-state index is 6.21. The molecule has 3 rings (SSSR count). The highest BCUT2D eigenvalue weighted by atomic mass is 16.5. The summed E-state index contributed by atoms with van der Waals surface area (Å²) in [5, 5.41) is 0. The first kappa shape index (κ1) is 12.0. The largest absolute Gasteiger partial charge is 0.490 e. The SMILES string of the molecule is N[C@@H](CC1CC1)c1ccc(OC2CCCC2)cc1. The Hall–Kier alpha value is -1.02. The van der Waals surface area contributed by atoms with Crippen molar-refractivity contribution in [1.82, 2.24) is 0 Å². The molecule has 2 fully saturated rings. The van der Waals surface area contributed by atoms with E-state index in [9.17, 15) is 0 Å². The summed E-state index contributed by atoms with van der Waals surface area (Å²) in [7, 11) is 0. The number of rotatable bonds is 5. The highest BCUT2D eigenvalue weighted by Crippen LogP contribution is 2.37. The normalized spacial score (nSPS) is 22.1. The Morgan fingerprint density at radius 2 is 1.72 bits per heavy atom.